The first-order chi connectivity index (χ1) is 6.20. The minimum Gasteiger partial charge on any atom is -0.364 e. The Morgan fingerprint density at radius 2 is 2.15 bits per heavy atom. The number of carbonyl (C=O) groups excluding carboxylic acids is 1. The first-order valence-electron chi connectivity index (χ1n) is 4.67. The molecule has 0 fully saturated rings. The fourth-order valence-corrected chi connectivity index (χ4v) is 2.18. The van der Waals surface area contributed by atoms with Crippen molar-refractivity contribution in [1.29, 1.82) is 0 Å². The molecule has 0 aromatic carbocycles. The Bertz CT molecular complexity index is 352. The molecule has 1 aromatic heterocycles. The van der Waals surface area contributed by atoms with Crippen molar-refractivity contribution in [3.05, 3.63) is 23.0 Å². The molecule has 0 aliphatic heterocycles. The number of primary amides is 1. The van der Waals surface area contributed by atoms with E-state index in [4.69, 9.17) is 5.73 Å². The Labute approximate surface area is 77.5 Å². The highest BCUT2D eigenvalue weighted by molar-refractivity contribution is 5.93. The molecule has 1 aliphatic rings. The maximum absolute atomic E-state index is 11.2. The molecule has 0 atom stereocenters. The van der Waals surface area contributed by atoms with Crippen molar-refractivity contribution in [1.82, 2.24) is 4.57 Å². The lowest BCUT2D eigenvalue weighted by atomic mass is 9.94. The molecule has 70 valence electrons. The monoisotopic (exact) mass is 178 g/mol. The molecular formula is C10H14N2O. The number of hydrogen-bond acceptors (Lipinski definition) is 1. The molecule has 1 heterocycles. The Morgan fingerprint density at radius 3 is 2.85 bits per heavy atom. The standard InChI is InChI=1S/C10H14N2O/c1-12-6-7-4-2-3-5-8(7)9(12)10(11)13/h6H,2-5H2,1H3,(H2,11,13). The van der Waals surface area contributed by atoms with Crippen molar-refractivity contribution >= 4 is 5.91 Å². The highest BCUT2D eigenvalue weighted by atomic mass is 16.1. The Hall–Kier alpha value is -1.25. The average Bonchev–Trinajstić information content (AvgIpc) is 2.39. The number of rotatable bonds is 1. The summed E-state index contributed by atoms with van der Waals surface area (Å²) >= 11 is 0. The van der Waals surface area contributed by atoms with Crippen molar-refractivity contribution < 1.29 is 4.79 Å². The van der Waals surface area contributed by atoms with Gasteiger partial charge in [-0.15, -0.1) is 0 Å². The summed E-state index contributed by atoms with van der Waals surface area (Å²) in [5.74, 6) is -0.300. The number of nitrogens with two attached hydrogens (primary N) is 1. The number of amides is 1. The Balaban J connectivity index is 2.54. The van der Waals surface area contributed by atoms with Gasteiger partial charge >= 0.3 is 0 Å². The van der Waals surface area contributed by atoms with Crippen LogP contribution in [0.25, 0.3) is 0 Å². The zero-order valence-electron chi connectivity index (χ0n) is 7.84. The smallest absolute Gasteiger partial charge is 0.265 e. The van der Waals surface area contributed by atoms with Crippen LogP contribution < -0.4 is 5.73 Å². The van der Waals surface area contributed by atoms with E-state index >= 15 is 0 Å². The van der Waals surface area contributed by atoms with E-state index in [-0.39, 0.29) is 5.91 Å². The van der Waals surface area contributed by atoms with Gasteiger partial charge in [0.1, 0.15) is 5.69 Å². The first kappa shape index (κ1) is 8.35. The van der Waals surface area contributed by atoms with E-state index in [1.807, 2.05) is 17.8 Å². The van der Waals surface area contributed by atoms with Crippen LogP contribution in [0.4, 0.5) is 0 Å². The lowest BCUT2D eigenvalue weighted by Crippen LogP contribution is -2.17. The van der Waals surface area contributed by atoms with E-state index in [1.165, 1.54) is 24.0 Å². The summed E-state index contributed by atoms with van der Waals surface area (Å²) < 4.78 is 1.86. The maximum Gasteiger partial charge on any atom is 0.265 e. The predicted molar refractivity (Wildman–Crippen MR) is 50.6 cm³/mol. The molecule has 0 spiro atoms. The van der Waals surface area contributed by atoms with E-state index in [0.29, 0.717) is 5.69 Å². The normalized spacial score (nSPS) is 15.5. The van der Waals surface area contributed by atoms with Crippen LogP contribution >= 0.6 is 0 Å². The van der Waals surface area contributed by atoms with Crippen LogP contribution in [0.2, 0.25) is 0 Å². The zero-order valence-corrected chi connectivity index (χ0v) is 7.84. The summed E-state index contributed by atoms with van der Waals surface area (Å²) in [6.45, 7) is 0. The van der Waals surface area contributed by atoms with E-state index in [2.05, 4.69) is 0 Å². The SMILES string of the molecule is Cn1cc2c(c1C(N)=O)CCCC2. The zero-order chi connectivity index (χ0) is 9.42. The van der Waals surface area contributed by atoms with Crippen molar-refractivity contribution in [3.63, 3.8) is 0 Å². The molecular weight excluding hydrogens is 164 g/mol. The van der Waals surface area contributed by atoms with Crippen LogP contribution in [-0.2, 0) is 19.9 Å². The van der Waals surface area contributed by atoms with Gasteiger partial charge in [0, 0.05) is 13.2 Å². The van der Waals surface area contributed by atoms with Crippen molar-refractivity contribution in [2.75, 3.05) is 0 Å². The predicted octanol–water partition coefficient (Wildman–Crippen LogP) is 1.00. The molecule has 2 rings (SSSR count). The lowest BCUT2D eigenvalue weighted by Gasteiger charge is -2.11. The summed E-state index contributed by atoms with van der Waals surface area (Å²) in [7, 11) is 1.89. The van der Waals surface area contributed by atoms with Gasteiger partial charge in [-0.05, 0) is 36.8 Å². The number of carbonyl (C=O) groups is 1. The van der Waals surface area contributed by atoms with Crippen LogP contribution in [0.15, 0.2) is 6.20 Å². The molecule has 2 N–H and O–H groups in total. The van der Waals surface area contributed by atoms with Gasteiger partial charge in [-0.1, -0.05) is 0 Å². The minimum absolute atomic E-state index is 0.300. The molecule has 0 unspecified atom stereocenters. The van der Waals surface area contributed by atoms with E-state index in [1.54, 1.807) is 0 Å². The minimum atomic E-state index is -0.300. The molecule has 13 heavy (non-hydrogen) atoms. The third kappa shape index (κ3) is 1.24. The number of fused-ring (bicyclic) bond motifs is 1. The van der Waals surface area contributed by atoms with Crippen LogP contribution in [-0.4, -0.2) is 10.5 Å². The molecule has 3 heteroatoms. The number of hydrogen-bond donors (Lipinski definition) is 1. The third-order valence-corrected chi connectivity index (χ3v) is 2.73. The van der Waals surface area contributed by atoms with Gasteiger partial charge in [0.25, 0.3) is 5.91 Å². The van der Waals surface area contributed by atoms with Gasteiger partial charge in [-0.2, -0.15) is 0 Å². The maximum atomic E-state index is 11.2. The molecule has 1 amide bonds. The second-order valence-electron chi connectivity index (χ2n) is 3.66. The number of aromatic nitrogens is 1. The molecule has 3 nitrogen and oxygen atoms in total. The Kier molecular flexibility index (Phi) is 1.87. The molecule has 1 aliphatic carbocycles. The summed E-state index contributed by atoms with van der Waals surface area (Å²) in [6, 6.07) is 0. The third-order valence-electron chi connectivity index (χ3n) is 2.73. The van der Waals surface area contributed by atoms with Gasteiger partial charge in [-0.25, -0.2) is 0 Å². The molecule has 0 saturated carbocycles. The van der Waals surface area contributed by atoms with Gasteiger partial charge in [-0.3, -0.25) is 4.79 Å². The Morgan fingerprint density at radius 1 is 1.46 bits per heavy atom. The molecule has 1 aromatic rings. The van der Waals surface area contributed by atoms with Crippen LogP contribution in [0, 0.1) is 0 Å². The van der Waals surface area contributed by atoms with Crippen LogP contribution in [0.5, 0.6) is 0 Å². The molecule has 0 bridgehead atoms. The number of nitrogens with zero attached hydrogens (tertiary/aromatic N) is 1. The topological polar surface area (TPSA) is 48.0 Å². The van der Waals surface area contributed by atoms with E-state index in [0.717, 1.165) is 12.8 Å². The van der Waals surface area contributed by atoms with E-state index < -0.39 is 0 Å². The fraction of sp³-hybridized carbons (Fsp3) is 0.500. The average molecular weight is 178 g/mol. The van der Waals surface area contributed by atoms with E-state index in [9.17, 15) is 4.79 Å². The highest BCUT2D eigenvalue weighted by Crippen LogP contribution is 2.25. The summed E-state index contributed by atoms with van der Waals surface area (Å²) in [6.07, 6.45) is 6.55. The van der Waals surface area contributed by atoms with Gasteiger partial charge in [0.15, 0.2) is 0 Å². The highest BCUT2D eigenvalue weighted by Gasteiger charge is 2.19. The van der Waals surface area contributed by atoms with Gasteiger partial charge in [0.2, 0.25) is 0 Å². The fourth-order valence-electron chi connectivity index (χ4n) is 2.18. The second-order valence-corrected chi connectivity index (χ2v) is 3.66. The largest absolute Gasteiger partial charge is 0.364 e. The lowest BCUT2D eigenvalue weighted by molar-refractivity contribution is 0.0991. The summed E-state index contributed by atoms with van der Waals surface area (Å²) in [5.41, 5.74) is 8.52. The van der Waals surface area contributed by atoms with Crippen molar-refractivity contribution in [3.8, 4) is 0 Å². The quantitative estimate of drug-likeness (QED) is 0.685. The molecule has 0 saturated heterocycles. The second kappa shape index (κ2) is 2.91. The molecule has 0 radical (unpaired) electrons. The first-order valence-corrected chi connectivity index (χ1v) is 4.67. The number of aryl methyl sites for hydroxylation is 2. The van der Waals surface area contributed by atoms with Gasteiger partial charge < -0.3 is 10.3 Å². The van der Waals surface area contributed by atoms with Crippen molar-refractivity contribution in [2.24, 2.45) is 12.8 Å². The van der Waals surface area contributed by atoms with Crippen molar-refractivity contribution in [2.45, 2.75) is 25.7 Å². The van der Waals surface area contributed by atoms with Crippen LogP contribution in [0.1, 0.15) is 34.5 Å². The summed E-state index contributed by atoms with van der Waals surface area (Å²) in [5, 5.41) is 0. The van der Waals surface area contributed by atoms with Gasteiger partial charge in [0.05, 0.1) is 0 Å². The summed E-state index contributed by atoms with van der Waals surface area (Å²) in [4.78, 5) is 11.2. The van der Waals surface area contributed by atoms with Crippen LogP contribution in [0.3, 0.4) is 0 Å².